The molecule has 0 aliphatic rings. The average molecular weight is 264 g/mol. The number of likely N-dealkylation sites (N-methyl/N-ethyl adjacent to an activating group) is 2. The van der Waals surface area contributed by atoms with Gasteiger partial charge in [0.2, 0.25) is 5.91 Å². The maximum Gasteiger partial charge on any atom is 0.265 e. The first-order valence-electron chi connectivity index (χ1n) is 6.12. The summed E-state index contributed by atoms with van der Waals surface area (Å²) in [6.07, 6.45) is 0. The molecule has 0 radical (unpaired) electrons. The van der Waals surface area contributed by atoms with E-state index < -0.39 is 0 Å². The van der Waals surface area contributed by atoms with E-state index in [-0.39, 0.29) is 11.8 Å². The maximum absolute atomic E-state index is 11.4. The molecular weight excluding hydrogens is 244 g/mol. The molecule has 2 amide bonds. The highest BCUT2D eigenvalue weighted by Crippen LogP contribution is 2.07. The Labute approximate surface area is 112 Å². The smallest absolute Gasteiger partial charge is 0.265 e. The molecule has 0 atom stereocenters. The monoisotopic (exact) mass is 264 g/mol. The summed E-state index contributed by atoms with van der Waals surface area (Å²) in [5.74, 6) is 4.75. The molecule has 0 fully saturated rings. The Hall–Kier alpha value is -1.92. The molecule has 104 valence electrons. The molecule has 0 saturated carbocycles. The van der Waals surface area contributed by atoms with Gasteiger partial charge in [0.15, 0.2) is 0 Å². The first-order chi connectivity index (χ1) is 9.06. The molecule has 0 unspecified atom stereocenters. The number of nitrogens with zero attached hydrogens (tertiary/aromatic N) is 1. The summed E-state index contributed by atoms with van der Waals surface area (Å²) >= 11 is 0. The van der Waals surface area contributed by atoms with Crippen LogP contribution in [0.15, 0.2) is 24.3 Å². The van der Waals surface area contributed by atoms with E-state index in [2.05, 4.69) is 10.7 Å². The Balaban J connectivity index is 2.61. The zero-order valence-electron chi connectivity index (χ0n) is 11.3. The second-order valence-corrected chi connectivity index (χ2v) is 4.30. The zero-order valence-corrected chi connectivity index (χ0v) is 11.3. The van der Waals surface area contributed by atoms with Crippen molar-refractivity contribution in [2.75, 3.05) is 20.1 Å². The van der Waals surface area contributed by atoms with Gasteiger partial charge in [0.05, 0.1) is 6.54 Å². The lowest BCUT2D eigenvalue weighted by molar-refractivity contribution is -0.121. The highest BCUT2D eigenvalue weighted by Gasteiger charge is 2.08. The fourth-order valence-electron chi connectivity index (χ4n) is 1.76. The van der Waals surface area contributed by atoms with Crippen LogP contribution in [0.2, 0.25) is 0 Å². The number of hydrazine groups is 1. The zero-order chi connectivity index (χ0) is 14.3. The number of nitrogens with two attached hydrogens (primary N) is 1. The van der Waals surface area contributed by atoms with Gasteiger partial charge in [-0.15, -0.1) is 0 Å². The largest absolute Gasteiger partial charge is 0.355 e. The summed E-state index contributed by atoms with van der Waals surface area (Å²) in [5.41, 5.74) is 3.55. The second-order valence-electron chi connectivity index (χ2n) is 4.30. The van der Waals surface area contributed by atoms with E-state index >= 15 is 0 Å². The van der Waals surface area contributed by atoms with Crippen LogP contribution in [0.3, 0.4) is 0 Å². The SMILES string of the molecule is CCNC(=O)CN(C)Cc1cccc(C(=O)NN)c1. The minimum Gasteiger partial charge on any atom is -0.355 e. The number of nitrogens with one attached hydrogen (secondary N) is 2. The normalized spacial score (nSPS) is 10.3. The van der Waals surface area contributed by atoms with Crippen LogP contribution >= 0.6 is 0 Å². The molecule has 4 N–H and O–H groups in total. The van der Waals surface area contributed by atoms with Crippen LogP contribution in [0.1, 0.15) is 22.8 Å². The molecule has 0 bridgehead atoms. The third kappa shape index (κ3) is 5.07. The van der Waals surface area contributed by atoms with Crippen molar-refractivity contribution in [3.05, 3.63) is 35.4 Å². The molecule has 6 nitrogen and oxygen atoms in total. The van der Waals surface area contributed by atoms with Crippen LogP contribution in [0.5, 0.6) is 0 Å². The van der Waals surface area contributed by atoms with E-state index in [1.807, 2.05) is 24.9 Å². The van der Waals surface area contributed by atoms with E-state index in [4.69, 9.17) is 5.84 Å². The number of rotatable bonds is 6. The number of nitrogen functional groups attached to an aromatic ring is 1. The molecule has 1 rings (SSSR count). The number of benzene rings is 1. The van der Waals surface area contributed by atoms with Gasteiger partial charge in [0, 0.05) is 18.7 Å². The van der Waals surface area contributed by atoms with Crippen molar-refractivity contribution >= 4 is 11.8 Å². The van der Waals surface area contributed by atoms with Crippen LogP contribution in [0.25, 0.3) is 0 Å². The number of amides is 2. The van der Waals surface area contributed by atoms with Crippen LogP contribution in [0, 0.1) is 0 Å². The minimum atomic E-state index is -0.326. The minimum absolute atomic E-state index is 0.0131. The molecule has 1 aromatic rings. The summed E-state index contributed by atoms with van der Waals surface area (Å²) < 4.78 is 0. The van der Waals surface area contributed by atoms with Crippen molar-refractivity contribution in [2.45, 2.75) is 13.5 Å². The molecule has 0 saturated heterocycles. The number of carbonyl (C=O) groups is 2. The van der Waals surface area contributed by atoms with Crippen LogP contribution in [-0.2, 0) is 11.3 Å². The second kappa shape index (κ2) is 7.50. The van der Waals surface area contributed by atoms with Gasteiger partial charge in [-0.2, -0.15) is 0 Å². The lowest BCUT2D eigenvalue weighted by Gasteiger charge is -2.16. The Morgan fingerprint density at radius 1 is 1.37 bits per heavy atom. The molecule has 0 heterocycles. The van der Waals surface area contributed by atoms with Gasteiger partial charge in [-0.1, -0.05) is 12.1 Å². The third-order valence-electron chi connectivity index (χ3n) is 2.56. The van der Waals surface area contributed by atoms with Crippen molar-refractivity contribution in [1.82, 2.24) is 15.6 Å². The fourth-order valence-corrected chi connectivity index (χ4v) is 1.76. The highest BCUT2D eigenvalue weighted by atomic mass is 16.2. The first-order valence-corrected chi connectivity index (χ1v) is 6.12. The predicted octanol–water partition coefficient (Wildman–Crippen LogP) is -0.142. The Morgan fingerprint density at radius 2 is 2.11 bits per heavy atom. The molecule has 19 heavy (non-hydrogen) atoms. The van der Waals surface area contributed by atoms with Gasteiger partial charge in [0.25, 0.3) is 5.91 Å². The molecule has 0 spiro atoms. The number of carbonyl (C=O) groups excluding carboxylic acids is 2. The average Bonchev–Trinajstić information content (AvgIpc) is 2.38. The molecule has 0 aromatic heterocycles. The van der Waals surface area contributed by atoms with E-state index in [1.165, 1.54) is 0 Å². The quantitative estimate of drug-likeness (QED) is 0.379. The Kier molecular flexibility index (Phi) is 5.98. The van der Waals surface area contributed by atoms with Crippen molar-refractivity contribution in [3.8, 4) is 0 Å². The Morgan fingerprint density at radius 3 is 2.74 bits per heavy atom. The Bertz CT molecular complexity index is 448. The van der Waals surface area contributed by atoms with Crippen LogP contribution < -0.4 is 16.6 Å². The summed E-state index contributed by atoms with van der Waals surface area (Å²) in [6, 6.07) is 7.15. The van der Waals surface area contributed by atoms with E-state index in [9.17, 15) is 9.59 Å². The van der Waals surface area contributed by atoms with Crippen LogP contribution in [0.4, 0.5) is 0 Å². The fraction of sp³-hybridized carbons (Fsp3) is 0.385. The van der Waals surface area contributed by atoms with E-state index in [0.717, 1.165) is 5.56 Å². The first kappa shape index (κ1) is 15.1. The van der Waals surface area contributed by atoms with Crippen LogP contribution in [-0.4, -0.2) is 36.9 Å². The lowest BCUT2D eigenvalue weighted by Crippen LogP contribution is -2.34. The predicted molar refractivity (Wildman–Crippen MR) is 73.1 cm³/mol. The van der Waals surface area contributed by atoms with Gasteiger partial charge >= 0.3 is 0 Å². The van der Waals surface area contributed by atoms with Gasteiger partial charge in [-0.25, -0.2) is 5.84 Å². The van der Waals surface area contributed by atoms with Crippen molar-refractivity contribution < 1.29 is 9.59 Å². The topological polar surface area (TPSA) is 87.5 Å². The van der Waals surface area contributed by atoms with Crippen molar-refractivity contribution in [3.63, 3.8) is 0 Å². The highest BCUT2D eigenvalue weighted by molar-refractivity contribution is 5.93. The third-order valence-corrected chi connectivity index (χ3v) is 2.56. The maximum atomic E-state index is 11.4. The van der Waals surface area contributed by atoms with E-state index in [1.54, 1.807) is 18.2 Å². The lowest BCUT2D eigenvalue weighted by atomic mass is 10.1. The van der Waals surface area contributed by atoms with Gasteiger partial charge in [0.1, 0.15) is 0 Å². The summed E-state index contributed by atoms with van der Waals surface area (Å²) in [6.45, 7) is 3.41. The number of hydrogen-bond donors (Lipinski definition) is 3. The molecule has 1 aromatic carbocycles. The molecule has 0 aliphatic carbocycles. The van der Waals surface area contributed by atoms with Gasteiger partial charge in [-0.05, 0) is 31.7 Å². The summed E-state index contributed by atoms with van der Waals surface area (Å²) in [4.78, 5) is 24.7. The van der Waals surface area contributed by atoms with Gasteiger partial charge in [-0.3, -0.25) is 19.9 Å². The molecule has 6 heteroatoms. The molecular formula is C13H20N4O2. The van der Waals surface area contributed by atoms with Crippen molar-refractivity contribution in [2.24, 2.45) is 5.84 Å². The summed E-state index contributed by atoms with van der Waals surface area (Å²) in [5, 5.41) is 2.74. The van der Waals surface area contributed by atoms with E-state index in [0.29, 0.717) is 25.2 Å². The standard InChI is InChI=1S/C13H20N4O2/c1-3-15-12(18)9-17(2)8-10-5-4-6-11(7-10)13(19)16-14/h4-7H,3,8-9,14H2,1-2H3,(H,15,18)(H,16,19). The number of hydrogen-bond acceptors (Lipinski definition) is 4. The summed E-state index contributed by atoms with van der Waals surface area (Å²) in [7, 11) is 1.85. The van der Waals surface area contributed by atoms with Crippen molar-refractivity contribution in [1.29, 1.82) is 0 Å². The van der Waals surface area contributed by atoms with Gasteiger partial charge < -0.3 is 5.32 Å². The molecule has 0 aliphatic heterocycles.